The second-order valence-corrected chi connectivity index (χ2v) is 5.44. The third kappa shape index (κ3) is 2.70. The minimum Gasteiger partial charge on any atom is -0.486 e. The molecule has 3 rings (SSSR count). The van der Waals surface area contributed by atoms with Crippen LogP contribution in [0.2, 0.25) is 0 Å². The zero-order valence-corrected chi connectivity index (χ0v) is 11.7. The summed E-state index contributed by atoms with van der Waals surface area (Å²) in [5.41, 5.74) is 1.41. The third-order valence-electron chi connectivity index (χ3n) is 3.72. The van der Waals surface area contributed by atoms with Gasteiger partial charge in [0.2, 0.25) is 0 Å². The molecule has 1 unspecified atom stereocenters. The van der Waals surface area contributed by atoms with Gasteiger partial charge in [-0.25, -0.2) is 4.39 Å². The monoisotopic (exact) mass is 292 g/mol. The molecule has 6 heteroatoms. The number of benzene rings is 1. The smallest absolute Gasteiger partial charge is 0.254 e. The van der Waals surface area contributed by atoms with Gasteiger partial charge in [-0.15, -0.1) is 0 Å². The maximum absolute atomic E-state index is 12.8. The molecule has 1 aromatic rings. The fourth-order valence-corrected chi connectivity index (χ4v) is 2.45. The van der Waals surface area contributed by atoms with Gasteiger partial charge in [0.05, 0.1) is 5.56 Å². The third-order valence-corrected chi connectivity index (χ3v) is 3.72. The van der Waals surface area contributed by atoms with Crippen LogP contribution in [0, 0.1) is 0 Å². The van der Waals surface area contributed by atoms with Crippen LogP contribution in [0.1, 0.15) is 39.1 Å². The van der Waals surface area contributed by atoms with E-state index >= 15 is 0 Å². The summed E-state index contributed by atoms with van der Waals surface area (Å²) < 4.78 is 18.3. The first-order chi connectivity index (χ1) is 10.1. The molecule has 1 aliphatic carbocycles. The van der Waals surface area contributed by atoms with Crippen LogP contribution in [-0.2, 0) is 6.42 Å². The van der Waals surface area contributed by atoms with Crippen molar-refractivity contribution >= 4 is 11.8 Å². The molecular formula is C15H17FN2O3. The summed E-state index contributed by atoms with van der Waals surface area (Å²) in [7, 11) is 1.51. The molecule has 0 spiro atoms. The number of rotatable bonds is 4. The fraction of sp³-hybridized carbons (Fsp3) is 0.467. The molecule has 5 nitrogen and oxygen atoms in total. The number of fused-ring (bicyclic) bond motifs is 1. The Morgan fingerprint density at radius 3 is 2.71 bits per heavy atom. The van der Waals surface area contributed by atoms with Crippen LogP contribution >= 0.6 is 0 Å². The van der Waals surface area contributed by atoms with Crippen molar-refractivity contribution in [1.82, 2.24) is 10.6 Å². The number of hydrogen-bond donors (Lipinski definition) is 2. The number of ether oxygens (including phenoxy) is 1. The van der Waals surface area contributed by atoms with E-state index in [1.54, 1.807) is 6.07 Å². The molecule has 1 saturated carbocycles. The second kappa shape index (κ2) is 5.35. The van der Waals surface area contributed by atoms with Crippen LogP contribution in [-0.4, -0.2) is 37.7 Å². The topological polar surface area (TPSA) is 67.4 Å². The zero-order valence-electron chi connectivity index (χ0n) is 11.7. The first kappa shape index (κ1) is 13.9. The quantitative estimate of drug-likeness (QED) is 0.876. The maximum atomic E-state index is 12.8. The molecule has 1 fully saturated rings. The Bertz CT molecular complexity index is 599. The molecular weight excluding hydrogens is 275 g/mol. The Labute approximate surface area is 121 Å². The minimum atomic E-state index is -0.620. The Kier molecular flexibility index (Phi) is 3.53. The SMILES string of the molecule is CNC(=O)c1cc(C(=O)NC2CC2)cc2c1OC(CF)C2. The highest BCUT2D eigenvalue weighted by Crippen LogP contribution is 2.34. The van der Waals surface area contributed by atoms with Gasteiger partial charge < -0.3 is 15.4 Å². The highest BCUT2D eigenvalue weighted by molar-refractivity contribution is 6.02. The number of halogens is 1. The summed E-state index contributed by atoms with van der Waals surface area (Å²) in [5.74, 6) is -0.152. The van der Waals surface area contributed by atoms with Crippen molar-refractivity contribution in [1.29, 1.82) is 0 Å². The van der Waals surface area contributed by atoms with Crippen molar-refractivity contribution < 1.29 is 18.7 Å². The molecule has 1 aromatic carbocycles. The van der Waals surface area contributed by atoms with Crippen LogP contribution in [0.15, 0.2) is 12.1 Å². The molecule has 1 aliphatic heterocycles. The number of nitrogens with one attached hydrogen (secondary N) is 2. The van der Waals surface area contributed by atoms with E-state index in [1.165, 1.54) is 13.1 Å². The normalized spacial score (nSPS) is 19.6. The van der Waals surface area contributed by atoms with Crippen molar-refractivity contribution in [2.45, 2.75) is 31.4 Å². The van der Waals surface area contributed by atoms with Crippen molar-refractivity contribution in [3.8, 4) is 5.75 Å². The molecule has 112 valence electrons. The largest absolute Gasteiger partial charge is 0.486 e. The van der Waals surface area contributed by atoms with Gasteiger partial charge in [-0.05, 0) is 30.5 Å². The lowest BCUT2D eigenvalue weighted by atomic mass is 10.0. The lowest BCUT2D eigenvalue weighted by Crippen LogP contribution is -2.26. The Balaban J connectivity index is 1.96. The second-order valence-electron chi connectivity index (χ2n) is 5.44. The zero-order chi connectivity index (χ0) is 15.0. The highest BCUT2D eigenvalue weighted by atomic mass is 19.1. The van der Waals surface area contributed by atoms with Crippen LogP contribution in [0.25, 0.3) is 0 Å². The van der Waals surface area contributed by atoms with Crippen molar-refractivity contribution in [3.05, 3.63) is 28.8 Å². The summed E-state index contributed by atoms with van der Waals surface area (Å²) in [6, 6.07) is 3.44. The van der Waals surface area contributed by atoms with Crippen LogP contribution in [0.5, 0.6) is 5.75 Å². The first-order valence-electron chi connectivity index (χ1n) is 7.05. The van der Waals surface area contributed by atoms with Crippen LogP contribution in [0.4, 0.5) is 4.39 Å². The summed E-state index contributed by atoms with van der Waals surface area (Å²) in [4.78, 5) is 24.1. The van der Waals surface area contributed by atoms with Gasteiger partial charge in [-0.2, -0.15) is 0 Å². The Morgan fingerprint density at radius 2 is 2.10 bits per heavy atom. The number of alkyl halides is 1. The van der Waals surface area contributed by atoms with E-state index < -0.39 is 12.8 Å². The van der Waals surface area contributed by atoms with Gasteiger partial charge in [-0.3, -0.25) is 9.59 Å². The van der Waals surface area contributed by atoms with Crippen molar-refractivity contribution in [3.63, 3.8) is 0 Å². The fourth-order valence-electron chi connectivity index (χ4n) is 2.45. The molecule has 0 radical (unpaired) electrons. The average molecular weight is 292 g/mol. The van der Waals surface area contributed by atoms with E-state index in [-0.39, 0.29) is 23.4 Å². The van der Waals surface area contributed by atoms with E-state index in [9.17, 15) is 14.0 Å². The molecule has 1 heterocycles. The van der Waals surface area contributed by atoms with Gasteiger partial charge in [0.25, 0.3) is 11.8 Å². The summed E-state index contributed by atoms with van der Waals surface area (Å²) in [6.07, 6.45) is 1.78. The van der Waals surface area contributed by atoms with Gasteiger partial charge >= 0.3 is 0 Å². The summed E-state index contributed by atoms with van der Waals surface area (Å²) in [6.45, 7) is -0.620. The molecule has 2 N–H and O–H groups in total. The predicted octanol–water partition coefficient (Wildman–Crippen LogP) is 1.21. The molecule has 2 amide bonds. The summed E-state index contributed by atoms with van der Waals surface area (Å²) in [5, 5.41) is 5.40. The molecule has 0 bridgehead atoms. The first-order valence-corrected chi connectivity index (χ1v) is 7.05. The van der Waals surface area contributed by atoms with Crippen LogP contribution in [0.3, 0.4) is 0 Å². The summed E-state index contributed by atoms with van der Waals surface area (Å²) >= 11 is 0. The molecule has 0 aromatic heterocycles. The maximum Gasteiger partial charge on any atom is 0.254 e. The molecule has 1 atom stereocenters. The Hall–Kier alpha value is -2.11. The van der Waals surface area contributed by atoms with Crippen molar-refractivity contribution in [2.75, 3.05) is 13.7 Å². The van der Waals surface area contributed by atoms with Gasteiger partial charge in [0.1, 0.15) is 18.5 Å². The number of carbonyl (C=O) groups excluding carboxylic acids is 2. The van der Waals surface area contributed by atoms with Gasteiger partial charge in [-0.1, -0.05) is 0 Å². The van der Waals surface area contributed by atoms with E-state index in [1.807, 2.05) is 0 Å². The highest BCUT2D eigenvalue weighted by Gasteiger charge is 2.30. The van der Waals surface area contributed by atoms with Crippen molar-refractivity contribution in [2.24, 2.45) is 0 Å². The van der Waals surface area contributed by atoms with E-state index in [0.717, 1.165) is 12.8 Å². The average Bonchev–Trinajstić information content (AvgIpc) is 3.20. The lowest BCUT2D eigenvalue weighted by molar-refractivity contribution is 0.0951. The van der Waals surface area contributed by atoms with Gasteiger partial charge in [0.15, 0.2) is 0 Å². The number of hydrogen-bond acceptors (Lipinski definition) is 3. The lowest BCUT2D eigenvalue weighted by Gasteiger charge is -2.11. The minimum absolute atomic E-state index is 0.200. The van der Waals surface area contributed by atoms with E-state index in [0.29, 0.717) is 23.3 Å². The predicted molar refractivity (Wildman–Crippen MR) is 74.4 cm³/mol. The number of amides is 2. The standard InChI is InChI=1S/C15H17FN2O3/c1-17-15(20)12-6-9(14(19)18-10-2-3-10)4-8-5-11(7-16)21-13(8)12/h4,6,10-11H,2-3,5,7H2,1H3,(H,17,20)(H,18,19). The van der Waals surface area contributed by atoms with E-state index in [4.69, 9.17) is 4.74 Å². The van der Waals surface area contributed by atoms with Crippen LogP contribution < -0.4 is 15.4 Å². The number of carbonyl (C=O) groups is 2. The van der Waals surface area contributed by atoms with Gasteiger partial charge in [0, 0.05) is 25.1 Å². The molecule has 0 saturated heterocycles. The molecule has 21 heavy (non-hydrogen) atoms. The molecule has 2 aliphatic rings. The Morgan fingerprint density at radius 1 is 1.33 bits per heavy atom. The van der Waals surface area contributed by atoms with E-state index in [2.05, 4.69) is 10.6 Å².